The van der Waals surface area contributed by atoms with Crippen LogP contribution in [0.5, 0.6) is 5.75 Å². The number of fused-ring (bicyclic) bond motifs is 1. The summed E-state index contributed by atoms with van der Waals surface area (Å²) < 4.78 is 12.5. The number of nitrogens with zero attached hydrogens (tertiary/aromatic N) is 3. The Hall–Kier alpha value is -3.19. The van der Waals surface area contributed by atoms with Crippen LogP contribution in [-0.4, -0.2) is 47.2 Å². The SMILES string of the molecule is CCOc1ccc(-n2c([C@@H](CC)N(CCOC)C(=O)CC(C)C)nc3ccccc3c2=O)cc1. The van der Waals surface area contributed by atoms with Crippen molar-refractivity contribution in [3.8, 4) is 11.4 Å². The first-order valence-electron chi connectivity index (χ1n) is 11.9. The van der Waals surface area contributed by atoms with Gasteiger partial charge in [-0.25, -0.2) is 4.98 Å². The predicted molar refractivity (Wildman–Crippen MR) is 135 cm³/mol. The van der Waals surface area contributed by atoms with Crippen LogP contribution in [0, 0.1) is 5.92 Å². The molecule has 3 aromatic rings. The summed E-state index contributed by atoms with van der Waals surface area (Å²) in [6.07, 6.45) is 1.02. The van der Waals surface area contributed by atoms with E-state index in [1.165, 1.54) is 0 Å². The monoisotopic (exact) mass is 465 g/mol. The van der Waals surface area contributed by atoms with Gasteiger partial charge in [0, 0.05) is 20.1 Å². The average Bonchev–Trinajstić information content (AvgIpc) is 2.82. The van der Waals surface area contributed by atoms with Crippen molar-refractivity contribution in [2.75, 3.05) is 26.9 Å². The Labute approximate surface area is 201 Å². The van der Waals surface area contributed by atoms with Gasteiger partial charge in [0.2, 0.25) is 5.91 Å². The van der Waals surface area contributed by atoms with E-state index in [9.17, 15) is 9.59 Å². The fourth-order valence-electron chi connectivity index (χ4n) is 4.13. The van der Waals surface area contributed by atoms with Crippen LogP contribution in [0.4, 0.5) is 0 Å². The number of aromatic nitrogens is 2. The summed E-state index contributed by atoms with van der Waals surface area (Å²) in [6.45, 7) is 9.38. The summed E-state index contributed by atoms with van der Waals surface area (Å²) >= 11 is 0. The minimum absolute atomic E-state index is 0.0274. The number of carbonyl (C=O) groups is 1. The smallest absolute Gasteiger partial charge is 0.266 e. The average molecular weight is 466 g/mol. The van der Waals surface area contributed by atoms with Crippen molar-refractivity contribution in [1.82, 2.24) is 14.5 Å². The van der Waals surface area contributed by atoms with Crippen molar-refractivity contribution in [3.63, 3.8) is 0 Å². The number of carbonyl (C=O) groups excluding carboxylic acids is 1. The minimum Gasteiger partial charge on any atom is -0.494 e. The molecule has 1 aromatic heterocycles. The summed E-state index contributed by atoms with van der Waals surface area (Å²) in [5.41, 5.74) is 1.14. The van der Waals surface area contributed by atoms with Crippen molar-refractivity contribution in [3.05, 3.63) is 64.7 Å². The van der Waals surface area contributed by atoms with Crippen LogP contribution in [0.15, 0.2) is 53.3 Å². The highest BCUT2D eigenvalue weighted by Gasteiger charge is 2.29. The molecule has 0 fully saturated rings. The van der Waals surface area contributed by atoms with Gasteiger partial charge in [0.15, 0.2) is 0 Å². The number of hydrogen-bond acceptors (Lipinski definition) is 5. The van der Waals surface area contributed by atoms with Crippen LogP contribution in [0.25, 0.3) is 16.6 Å². The first-order valence-corrected chi connectivity index (χ1v) is 11.9. The van der Waals surface area contributed by atoms with E-state index >= 15 is 0 Å². The van der Waals surface area contributed by atoms with E-state index < -0.39 is 0 Å². The van der Waals surface area contributed by atoms with Crippen molar-refractivity contribution in [2.45, 2.75) is 46.6 Å². The van der Waals surface area contributed by atoms with Crippen LogP contribution in [-0.2, 0) is 9.53 Å². The number of para-hydroxylation sites is 1. The number of methoxy groups -OCH3 is 1. The first kappa shape index (κ1) is 25.4. The molecule has 3 rings (SSSR count). The van der Waals surface area contributed by atoms with Gasteiger partial charge in [-0.05, 0) is 55.7 Å². The standard InChI is InChI=1S/C27H35N3O4/c1-6-24(29(16-17-33-5)25(31)18-19(3)4)26-28-23-11-9-8-10-22(23)27(32)30(26)20-12-14-21(15-13-20)34-7-2/h8-15,19,24H,6-7,16-18H2,1-5H3/t24-/m1/s1. The molecule has 0 unspecified atom stereocenters. The van der Waals surface area contributed by atoms with Gasteiger partial charge >= 0.3 is 0 Å². The van der Waals surface area contributed by atoms with Crippen molar-refractivity contribution < 1.29 is 14.3 Å². The van der Waals surface area contributed by atoms with Gasteiger partial charge in [0.1, 0.15) is 11.6 Å². The molecule has 0 bridgehead atoms. The van der Waals surface area contributed by atoms with Crippen LogP contribution < -0.4 is 10.3 Å². The Bertz CT molecular complexity index is 1150. The highest BCUT2D eigenvalue weighted by Crippen LogP contribution is 2.27. The molecule has 0 saturated carbocycles. The van der Waals surface area contributed by atoms with Gasteiger partial charge < -0.3 is 14.4 Å². The second-order valence-electron chi connectivity index (χ2n) is 8.66. The van der Waals surface area contributed by atoms with E-state index in [0.717, 1.165) is 5.75 Å². The zero-order chi connectivity index (χ0) is 24.7. The van der Waals surface area contributed by atoms with Crippen LogP contribution in [0.3, 0.4) is 0 Å². The summed E-state index contributed by atoms with van der Waals surface area (Å²) in [6, 6.07) is 14.3. The maximum Gasteiger partial charge on any atom is 0.266 e. The molecule has 0 aliphatic carbocycles. The molecule has 0 saturated heterocycles. The van der Waals surface area contributed by atoms with E-state index in [-0.39, 0.29) is 23.4 Å². The Morgan fingerprint density at radius 1 is 1.09 bits per heavy atom. The quantitative estimate of drug-likeness (QED) is 0.408. The fraction of sp³-hybridized carbons (Fsp3) is 0.444. The molecular weight excluding hydrogens is 430 g/mol. The molecule has 0 aliphatic heterocycles. The molecule has 34 heavy (non-hydrogen) atoms. The normalized spacial score (nSPS) is 12.2. The minimum atomic E-state index is -0.384. The van der Waals surface area contributed by atoms with Crippen molar-refractivity contribution in [2.24, 2.45) is 5.92 Å². The van der Waals surface area contributed by atoms with Crippen LogP contribution in [0.2, 0.25) is 0 Å². The molecule has 182 valence electrons. The molecule has 0 radical (unpaired) electrons. The van der Waals surface area contributed by atoms with E-state index in [1.54, 1.807) is 17.7 Å². The largest absolute Gasteiger partial charge is 0.494 e. The molecule has 1 atom stereocenters. The maximum absolute atomic E-state index is 13.7. The lowest BCUT2D eigenvalue weighted by atomic mass is 10.1. The topological polar surface area (TPSA) is 73.7 Å². The summed E-state index contributed by atoms with van der Waals surface area (Å²) in [4.78, 5) is 33.8. The van der Waals surface area contributed by atoms with Crippen molar-refractivity contribution >= 4 is 16.8 Å². The van der Waals surface area contributed by atoms with Gasteiger partial charge in [0.05, 0.1) is 35.8 Å². The van der Waals surface area contributed by atoms with Gasteiger partial charge in [-0.2, -0.15) is 0 Å². The van der Waals surface area contributed by atoms with E-state index in [1.807, 2.05) is 75.1 Å². The second-order valence-corrected chi connectivity index (χ2v) is 8.66. The molecule has 1 heterocycles. The first-order chi connectivity index (χ1) is 16.4. The predicted octanol–water partition coefficient (Wildman–Crippen LogP) is 4.76. The fourth-order valence-corrected chi connectivity index (χ4v) is 4.13. The molecule has 7 nitrogen and oxygen atoms in total. The number of amides is 1. The highest BCUT2D eigenvalue weighted by atomic mass is 16.5. The van der Waals surface area contributed by atoms with Gasteiger partial charge in [-0.15, -0.1) is 0 Å². The Morgan fingerprint density at radius 3 is 2.41 bits per heavy atom. The Morgan fingerprint density at radius 2 is 1.79 bits per heavy atom. The van der Waals surface area contributed by atoms with Gasteiger partial charge in [-0.1, -0.05) is 32.9 Å². The molecular formula is C27H35N3O4. The summed E-state index contributed by atoms with van der Waals surface area (Å²) in [7, 11) is 1.62. The molecule has 0 aliphatic rings. The second kappa shape index (κ2) is 11.8. The molecule has 1 amide bonds. The third kappa shape index (κ3) is 5.65. The Kier molecular flexibility index (Phi) is 8.82. The van der Waals surface area contributed by atoms with E-state index in [2.05, 4.69) is 0 Å². The zero-order valence-electron chi connectivity index (χ0n) is 20.8. The highest BCUT2D eigenvalue weighted by molar-refractivity contribution is 5.79. The molecule has 2 aromatic carbocycles. The van der Waals surface area contributed by atoms with E-state index in [0.29, 0.717) is 55.0 Å². The lowest BCUT2D eigenvalue weighted by molar-refractivity contribution is -0.135. The van der Waals surface area contributed by atoms with E-state index in [4.69, 9.17) is 14.5 Å². The number of rotatable bonds is 11. The molecule has 0 spiro atoms. The Balaban J connectivity index is 2.22. The maximum atomic E-state index is 13.7. The van der Waals surface area contributed by atoms with Crippen LogP contribution >= 0.6 is 0 Å². The number of hydrogen-bond donors (Lipinski definition) is 0. The van der Waals surface area contributed by atoms with Crippen LogP contribution in [0.1, 0.15) is 52.4 Å². The van der Waals surface area contributed by atoms with Gasteiger partial charge in [-0.3, -0.25) is 14.2 Å². The summed E-state index contributed by atoms with van der Waals surface area (Å²) in [5.74, 6) is 1.52. The molecule has 0 N–H and O–H groups in total. The third-order valence-corrected chi connectivity index (χ3v) is 5.71. The lowest BCUT2D eigenvalue weighted by Gasteiger charge is -2.32. The van der Waals surface area contributed by atoms with Gasteiger partial charge in [0.25, 0.3) is 5.56 Å². The van der Waals surface area contributed by atoms with Crippen molar-refractivity contribution in [1.29, 1.82) is 0 Å². The molecule has 7 heteroatoms. The lowest BCUT2D eigenvalue weighted by Crippen LogP contribution is -2.40. The zero-order valence-corrected chi connectivity index (χ0v) is 20.8. The summed E-state index contributed by atoms with van der Waals surface area (Å²) in [5, 5.41) is 0.534. The number of benzene rings is 2. The number of ether oxygens (including phenoxy) is 2. The third-order valence-electron chi connectivity index (χ3n) is 5.71.